The zero-order valence-corrected chi connectivity index (χ0v) is 16.5. The van der Waals surface area contributed by atoms with Crippen molar-refractivity contribution in [2.24, 2.45) is 11.5 Å². The van der Waals surface area contributed by atoms with E-state index in [1.54, 1.807) is 12.1 Å². The zero-order valence-electron chi connectivity index (χ0n) is 15.7. The summed E-state index contributed by atoms with van der Waals surface area (Å²) in [4.78, 5) is 40.3. The van der Waals surface area contributed by atoms with Gasteiger partial charge in [-0.1, -0.05) is 0 Å². The lowest BCUT2D eigenvalue weighted by Gasteiger charge is -2.38. The number of ether oxygens (including phenoxy) is 2. The van der Waals surface area contributed by atoms with Gasteiger partial charge in [0.25, 0.3) is 5.91 Å². The Labute approximate surface area is 166 Å². The molecule has 0 bridgehead atoms. The zero-order chi connectivity index (χ0) is 21.6. The van der Waals surface area contributed by atoms with Crippen LogP contribution in [0.15, 0.2) is 23.9 Å². The van der Waals surface area contributed by atoms with E-state index in [0.29, 0.717) is 5.69 Å². The van der Waals surface area contributed by atoms with E-state index < -0.39 is 50.8 Å². The van der Waals surface area contributed by atoms with E-state index in [2.05, 4.69) is 4.98 Å². The van der Waals surface area contributed by atoms with Crippen LogP contribution in [-0.4, -0.2) is 59.2 Å². The molecule has 1 aromatic heterocycles. The van der Waals surface area contributed by atoms with Crippen LogP contribution < -0.4 is 11.5 Å². The van der Waals surface area contributed by atoms with Gasteiger partial charge in [-0.3, -0.25) is 19.5 Å². The lowest BCUT2D eigenvalue weighted by Crippen LogP contribution is -2.58. The van der Waals surface area contributed by atoms with E-state index in [9.17, 15) is 22.8 Å². The minimum atomic E-state index is -4.16. The molecular weight excluding hydrogens is 404 g/mol. The first-order chi connectivity index (χ1) is 13.5. The van der Waals surface area contributed by atoms with Gasteiger partial charge in [0.15, 0.2) is 20.0 Å². The van der Waals surface area contributed by atoms with Gasteiger partial charge in [-0.05, 0) is 30.7 Å². The van der Waals surface area contributed by atoms with Crippen molar-refractivity contribution in [2.75, 3.05) is 6.61 Å². The standard InChI is InChI=1S/C17H20N4O7S/c1-9(22)28-15-17(2,8-27-16(19)24)29(25,26)14-12(13(23)21(14)15)6-11-5-10(7-18)3-4-20-11/h3-6,14-15H,7-8,18H2,1-2H3,(H2,19,24)/b12-6-/t14-,15+,17+/m1/s1. The highest BCUT2D eigenvalue weighted by atomic mass is 32.2. The largest absolute Gasteiger partial charge is 0.448 e. The molecule has 0 aromatic carbocycles. The molecule has 3 heterocycles. The number of β-lactam (4-membered cyclic amide) rings is 1. The average Bonchev–Trinajstić information content (AvgIpc) is 2.80. The summed E-state index contributed by atoms with van der Waals surface area (Å²) < 4.78 is 34.4. The number of pyridine rings is 1. The van der Waals surface area contributed by atoms with E-state index in [1.165, 1.54) is 19.2 Å². The molecule has 4 N–H and O–H groups in total. The predicted octanol–water partition coefficient (Wildman–Crippen LogP) is -0.736. The summed E-state index contributed by atoms with van der Waals surface area (Å²) in [6, 6.07) is 3.32. The summed E-state index contributed by atoms with van der Waals surface area (Å²) in [5.41, 5.74) is 11.6. The van der Waals surface area contributed by atoms with Gasteiger partial charge in [-0.25, -0.2) is 13.2 Å². The fourth-order valence-electron chi connectivity index (χ4n) is 3.38. The number of primary amides is 1. The van der Waals surface area contributed by atoms with Gasteiger partial charge in [-0.2, -0.15) is 0 Å². The van der Waals surface area contributed by atoms with Crippen LogP contribution in [0.4, 0.5) is 4.79 Å². The molecule has 2 saturated heterocycles. The summed E-state index contributed by atoms with van der Waals surface area (Å²) in [7, 11) is -4.16. The minimum absolute atomic E-state index is 0.0355. The molecule has 3 atom stereocenters. The van der Waals surface area contributed by atoms with Crippen LogP contribution in [0.25, 0.3) is 6.08 Å². The Kier molecular flexibility index (Phi) is 5.09. The van der Waals surface area contributed by atoms with E-state index in [0.717, 1.165) is 17.4 Å². The van der Waals surface area contributed by atoms with Gasteiger partial charge in [0.2, 0.25) is 6.23 Å². The summed E-state index contributed by atoms with van der Waals surface area (Å²) in [5, 5.41) is -1.37. The molecule has 0 unspecified atom stereocenters. The lowest BCUT2D eigenvalue weighted by atomic mass is 10.0. The van der Waals surface area contributed by atoms with Gasteiger partial charge in [0, 0.05) is 19.7 Å². The SMILES string of the molecule is CC(=O)O[C@@H]1N2C(=O)/C(=C/c3cc(CN)ccn3)[C@H]2S(=O)(=O)[C@@]1(C)COC(N)=O. The van der Waals surface area contributed by atoms with Gasteiger partial charge in [-0.15, -0.1) is 0 Å². The second-order valence-corrected chi connectivity index (χ2v) is 9.35. The topological polar surface area (TPSA) is 172 Å². The lowest BCUT2D eigenvalue weighted by molar-refractivity contribution is -0.168. The smallest absolute Gasteiger partial charge is 0.404 e. The molecular formula is C17H20N4O7S. The number of sulfone groups is 1. The monoisotopic (exact) mass is 424 g/mol. The van der Waals surface area contributed by atoms with Crippen LogP contribution in [0.2, 0.25) is 0 Å². The molecule has 3 rings (SSSR count). The second kappa shape index (κ2) is 7.12. The number of hydrogen-bond acceptors (Lipinski definition) is 9. The molecule has 0 spiro atoms. The molecule has 2 aliphatic rings. The third-order valence-corrected chi connectivity index (χ3v) is 7.57. The number of hydrogen-bond donors (Lipinski definition) is 2. The number of esters is 1. The summed E-state index contributed by atoms with van der Waals surface area (Å²) >= 11 is 0. The van der Waals surface area contributed by atoms with Crippen LogP contribution in [0.1, 0.15) is 25.1 Å². The maximum Gasteiger partial charge on any atom is 0.404 e. The van der Waals surface area contributed by atoms with Crippen molar-refractivity contribution in [2.45, 2.75) is 36.7 Å². The Bertz CT molecular complexity index is 1020. The van der Waals surface area contributed by atoms with Crippen molar-refractivity contribution in [3.63, 3.8) is 0 Å². The van der Waals surface area contributed by atoms with E-state index in [1.807, 2.05) is 0 Å². The van der Waals surface area contributed by atoms with Crippen molar-refractivity contribution < 1.29 is 32.3 Å². The molecule has 1 aromatic rings. The molecule has 156 valence electrons. The van der Waals surface area contributed by atoms with Crippen LogP contribution in [0, 0.1) is 0 Å². The summed E-state index contributed by atoms with van der Waals surface area (Å²) in [5.74, 6) is -1.42. The van der Waals surface area contributed by atoms with Crippen molar-refractivity contribution in [1.82, 2.24) is 9.88 Å². The highest BCUT2D eigenvalue weighted by Gasteiger charge is 2.72. The summed E-state index contributed by atoms with van der Waals surface area (Å²) in [6.45, 7) is 1.88. The molecule has 0 aliphatic carbocycles. The van der Waals surface area contributed by atoms with Gasteiger partial charge in [0.1, 0.15) is 6.61 Å². The number of carbonyl (C=O) groups excluding carboxylic acids is 3. The maximum absolute atomic E-state index is 13.3. The van der Waals surface area contributed by atoms with E-state index in [4.69, 9.17) is 20.9 Å². The highest BCUT2D eigenvalue weighted by Crippen LogP contribution is 2.49. The first-order valence-electron chi connectivity index (χ1n) is 8.55. The molecule has 2 amide bonds. The minimum Gasteiger partial charge on any atom is -0.448 e. The van der Waals surface area contributed by atoms with E-state index >= 15 is 0 Å². The number of nitrogens with two attached hydrogens (primary N) is 2. The fourth-order valence-corrected chi connectivity index (χ4v) is 5.56. The van der Waals surface area contributed by atoms with Gasteiger partial charge in [0.05, 0.1) is 11.3 Å². The number of aromatic nitrogens is 1. The Balaban J connectivity index is 2.05. The Hall–Kier alpha value is -2.99. The van der Waals surface area contributed by atoms with Crippen molar-refractivity contribution in [1.29, 1.82) is 0 Å². The fraction of sp³-hybridized carbons (Fsp3) is 0.412. The normalized spacial score (nSPS) is 28.6. The number of amides is 2. The Morgan fingerprint density at radius 3 is 2.69 bits per heavy atom. The van der Waals surface area contributed by atoms with Crippen LogP contribution in [-0.2, 0) is 35.4 Å². The van der Waals surface area contributed by atoms with Crippen LogP contribution >= 0.6 is 0 Å². The first kappa shape index (κ1) is 20.7. The number of fused-ring (bicyclic) bond motifs is 1. The van der Waals surface area contributed by atoms with Gasteiger partial charge < -0.3 is 20.9 Å². The van der Waals surface area contributed by atoms with Crippen LogP contribution in [0.3, 0.4) is 0 Å². The van der Waals surface area contributed by atoms with Crippen molar-refractivity contribution in [3.05, 3.63) is 35.2 Å². The second-order valence-electron chi connectivity index (χ2n) is 6.88. The quantitative estimate of drug-likeness (QED) is 0.351. The van der Waals surface area contributed by atoms with E-state index in [-0.39, 0.29) is 12.1 Å². The predicted molar refractivity (Wildman–Crippen MR) is 99.2 cm³/mol. The Morgan fingerprint density at radius 2 is 2.10 bits per heavy atom. The number of rotatable bonds is 5. The van der Waals surface area contributed by atoms with Crippen molar-refractivity contribution >= 4 is 33.9 Å². The first-order valence-corrected chi connectivity index (χ1v) is 10.1. The third-order valence-electron chi connectivity index (χ3n) is 4.88. The van der Waals surface area contributed by atoms with Crippen molar-refractivity contribution in [3.8, 4) is 0 Å². The summed E-state index contributed by atoms with van der Waals surface area (Å²) in [6.07, 6.45) is 0.182. The average molecular weight is 424 g/mol. The maximum atomic E-state index is 13.3. The number of nitrogens with zero attached hydrogens (tertiary/aromatic N) is 2. The molecule has 0 radical (unpaired) electrons. The molecule has 2 aliphatic heterocycles. The highest BCUT2D eigenvalue weighted by molar-refractivity contribution is 7.94. The number of carbonyl (C=O) groups is 3. The molecule has 29 heavy (non-hydrogen) atoms. The third kappa shape index (κ3) is 3.23. The molecule has 12 heteroatoms. The van der Waals surface area contributed by atoms with Gasteiger partial charge >= 0.3 is 12.1 Å². The molecule has 2 fully saturated rings. The van der Waals surface area contributed by atoms with Crippen LogP contribution in [0.5, 0.6) is 0 Å². The Morgan fingerprint density at radius 1 is 1.41 bits per heavy atom. The molecule has 0 saturated carbocycles. The molecule has 11 nitrogen and oxygen atoms in total.